The number of methoxy groups -OCH3 is 1. The van der Waals surface area contributed by atoms with E-state index in [9.17, 15) is 5.11 Å². The Kier molecular flexibility index (Phi) is 4.97. The van der Waals surface area contributed by atoms with Crippen molar-refractivity contribution < 1.29 is 14.6 Å². The zero-order chi connectivity index (χ0) is 12.9. The van der Waals surface area contributed by atoms with Gasteiger partial charge in [-0.15, -0.1) is 0 Å². The molecule has 0 saturated carbocycles. The lowest BCUT2D eigenvalue weighted by Crippen LogP contribution is -2.34. The third-order valence-corrected chi connectivity index (χ3v) is 3.23. The fourth-order valence-corrected chi connectivity index (χ4v) is 1.74. The number of hydrogen-bond acceptors (Lipinski definition) is 3. The van der Waals surface area contributed by atoms with E-state index in [2.05, 4.69) is 0 Å². The summed E-state index contributed by atoms with van der Waals surface area (Å²) in [6.07, 6.45) is 0.0849. The summed E-state index contributed by atoms with van der Waals surface area (Å²) >= 11 is 0. The van der Waals surface area contributed by atoms with E-state index in [0.29, 0.717) is 6.61 Å². The van der Waals surface area contributed by atoms with E-state index in [0.717, 1.165) is 17.7 Å². The van der Waals surface area contributed by atoms with Crippen LogP contribution < -0.4 is 4.74 Å². The van der Waals surface area contributed by atoms with Crippen LogP contribution in [-0.2, 0) is 4.74 Å². The van der Waals surface area contributed by atoms with Gasteiger partial charge in [0.05, 0.1) is 12.2 Å². The zero-order valence-corrected chi connectivity index (χ0v) is 11.1. The lowest BCUT2D eigenvalue weighted by atomic mass is 9.90. The summed E-state index contributed by atoms with van der Waals surface area (Å²) in [5.41, 5.74) is 0.257. The van der Waals surface area contributed by atoms with Crippen molar-refractivity contribution in [3.63, 3.8) is 0 Å². The summed E-state index contributed by atoms with van der Waals surface area (Å²) in [4.78, 5) is 0. The van der Waals surface area contributed by atoms with Gasteiger partial charge in [-0.2, -0.15) is 0 Å². The van der Waals surface area contributed by atoms with Gasteiger partial charge in [-0.05, 0) is 38.0 Å². The first-order valence-corrected chi connectivity index (χ1v) is 6.03. The Balaban J connectivity index is 2.95. The quantitative estimate of drug-likeness (QED) is 0.828. The van der Waals surface area contributed by atoms with Crippen LogP contribution in [0.1, 0.15) is 38.9 Å². The number of aliphatic hydroxyl groups excluding tert-OH is 1. The molecule has 0 aliphatic carbocycles. The van der Waals surface area contributed by atoms with E-state index in [1.54, 1.807) is 7.11 Å². The van der Waals surface area contributed by atoms with Gasteiger partial charge in [0.1, 0.15) is 11.9 Å². The summed E-state index contributed by atoms with van der Waals surface area (Å²) in [5.74, 6) is 0.776. The van der Waals surface area contributed by atoms with Gasteiger partial charge in [-0.25, -0.2) is 0 Å². The van der Waals surface area contributed by atoms with Gasteiger partial charge in [-0.1, -0.05) is 19.1 Å². The number of ether oxygens (including phenoxy) is 2. The maximum atomic E-state index is 10.4. The zero-order valence-electron chi connectivity index (χ0n) is 11.1. The average molecular weight is 238 g/mol. The molecule has 0 fully saturated rings. The molecule has 1 aromatic carbocycles. The van der Waals surface area contributed by atoms with E-state index >= 15 is 0 Å². The second-order valence-electron chi connectivity index (χ2n) is 4.28. The SMILES string of the molecule is CCOc1cccc(C(O)C(C)(CC)OC)c1. The average Bonchev–Trinajstić information content (AvgIpc) is 2.37. The highest BCUT2D eigenvalue weighted by atomic mass is 16.5. The molecule has 0 aliphatic heterocycles. The Morgan fingerprint density at radius 1 is 1.35 bits per heavy atom. The summed E-state index contributed by atoms with van der Waals surface area (Å²) in [5, 5.41) is 10.4. The molecule has 0 aliphatic rings. The topological polar surface area (TPSA) is 38.7 Å². The van der Waals surface area contributed by atoms with Gasteiger partial charge in [0.15, 0.2) is 0 Å². The standard InChI is InChI=1S/C14H22O3/c1-5-14(3,16-4)13(15)11-8-7-9-12(10-11)17-6-2/h7-10,13,15H,5-6H2,1-4H3. The Bertz CT molecular complexity index is 345. The van der Waals surface area contributed by atoms with Crippen molar-refractivity contribution >= 4 is 0 Å². The molecule has 1 rings (SSSR count). The van der Waals surface area contributed by atoms with Crippen LogP contribution in [0.25, 0.3) is 0 Å². The Hall–Kier alpha value is -1.06. The molecule has 96 valence electrons. The Labute approximate surface area is 103 Å². The predicted molar refractivity (Wildman–Crippen MR) is 68.3 cm³/mol. The van der Waals surface area contributed by atoms with Gasteiger partial charge < -0.3 is 14.6 Å². The van der Waals surface area contributed by atoms with Crippen molar-refractivity contribution in [3.8, 4) is 5.75 Å². The smallest absolute Gasteiger partial charge is 0.119 e. The molecule has 17 heavy (non-hydrogen) atoms. The molecule has 0 heterocycles. The molecule has 0 bridgehead atoms. The van der Waals surface area contributed by atoms with Gasteiger partial charge in [0.2, 0.25) is 0 Å². The van der Waals surface area contributed by atoms with Gasteiger partial charge in [0, 0.05) is 7.11 Å². The highest BCUT2D eigenvalue weighted by Gasteiger charge is 2.32. The summed E-state index contributed by atoms with van der Waals surface area (Å²) < 4.78 is 10.8. The molecule has 3 nitrogen and oxygen atoms in total. The summed E-state index contributed by atoms with van der Waals surface area (Å²) in [6.45, 7) is 6.47. The van der Waals surface area contributed by atoms with Crippen LogP contribution >= 0.6 is 0 Å². The van der Waals surface area contributed by atoms with Crippen molar-refractivity contribution in [1.29, 1.82) is 0 Å². The minimum atomic E-state index is -0.655. The molecule has 3 heteroatoms. The van der Waals surface area contributed by atoms with Crippen LogP contribution in [0.5, 0.6) is 5.75 Å². The van der Waals surface area contributed by atoms with Gasteiger partial charge in [-0.3, -0.25) is 0 Å². The molecule has 1 N–H and O–H groups in total. The number of benzene rings is 1. The lowest BCUT2D eigenvalue weighted by molar-refractivity contribution is -0.0944. The minimum Gasteiger partial charge on any atom is -0.494 e. The molecule has 0 saturated heterocycles. The van der Waals surface area contributed by atoms with Crippen molar-refractivity contribution in [2.45, 2.75) is 38.9 Å². The third-order valence-electron chi connectivity index (χ3n) is 3.23. The predicted octanol–water partition coefficient (Wildman–Crippen LogP) is 2.93. The van der Waals surface area contributed by atoms with Crippen molar-refractivity contribution in [2.24, 2.45) is 0 Å². The molecule has 1 aromatic rings. The Morgan fingerprint density at radius 2 is 2.06 bits per heavy atom. The van der Waals surface area contributed by atoms with Crippen LogP contribution in [0.4, 0.5) is 0 Å². The normalized spacial score (nSPS) is 16.3. The van der Waals surface area contributed by atoms with Gasteiger partial charge >= 0.3 is 0 Å². The highest BCUT2D eigenvalue weighted by Crippen LogP contribution is 2.32. The second kappa shape index (κ2) is 6.03. The monoisotopic (exact) mass is 238 g/mol. The first-order chi connectivity index (χ1) is 8.07. The van der Waals surface area contributed by atoms with Crippen LogP contribution in [0.3, 0.4) is 0 Å². The van der Waals surface area contributed by atoms with Crippen LogP contribution in [-0.4, -0.2) is 24.4 Å². The maximum Gasteiger partial charge on any atom is 0.119 e. The maximum absolute atomic E-state index is 10.4. The molecule has 0 aromatic heterocycles. The number of hydrogen-bond donors (Lipinski definition) is 1. The molecule has 0 amide bonds. The van der Waals surface area contributed by atoms with E-state index in [1.165, 1.54) is 0 Å². The summed E-state index contributed by atoms with van der Waals surface area (Å²) in [6, 6.07) is 7.52. The fraction of sp³-hybridized carbons (Fsp3) is 0.571. The fourth-order valence-electron chi connectivity index (χ4n) is 1.74. The van der Waals surface area contributed by atoms with Crippen molar-refractivity contribution in [1.82, 2.24) is 0 Å². The highest BCUT2D eigenvalue weighted by molar-refractivity contribution is 5.31. The van der Waals surface area contributed by atoms with E-state index in [1.807, 2.05) is 45.0 Å². The molecule has 2 atom stereocenters. The van der Waals surface area contributed by atoms with E-state index < -0.39 is 11.7 Å². The van der Waals surface area contributed by atoms with Gasteiger partial charge in [0.25, 0.3) is 0 Å². The molecule has 0 radical (unpaired) electrons. The van der Waals surface area contributed by atoms with E-state index in [-0.39, 0.29) is 0 Å². The molecular weight excluding hydrogens is 216 g/mol. The molecular formula is C14H22O3. The number of rotatable bonds is 6. The van der Waals surface area contributed by atoms with E-state index in [4.69, 9.17) is 9.47 Å². The van der Waals surface area contributed by atoms with Crippen molar-refractivity contribution in [2.75, 3.05) is 13.7 Å². The molecule has 2 unspecified atom stereocenters. The largest absolute Gasteiger partial charge is 0.494 e. The molecule has 0 spiro atoms. The van der Waals surface area contributed by atoms with Crippen molar-refractivity contribution in [3.05, 3.63) is 29.8 Å². The van der Waals surface area contributed by atoms with Crippen LogP contribution in [0.2, 0.25) is 0 Å². The number of aliphatic hydroxyl groups is 1. The Morgan fingerprint density at radius 3 is 2.59 bits per heavy atom. The summed E-state index contributed by atoms with van der Waals surface area (Å²) in [7, 11) is 1.62. The first-order valence-electron chi connectivity index (χ1n) is 6.03. The second-order valence-corrected chi connectivity index (χ2v) is 4.28. The lowest BCUT2D eigenvalue weighted by Gasteiger charge is -2.32. The van der Waals surface area contributed by atoms with Crippen LogP contribution in [0, 0.1) is 0 Å². The van der Waals surface area contributed by atoms with Crippen LogP contribution in [0.15, 0.2) is 24.3 Å². The first kappa shape index (κ1) is 14.0. The minimum absolute atomic E-state index is 0.565. The third kappa shape index (κ3) is 3.20.